The summed E-state index contributed by atoms with van der Waals surface area (Å²) in [6, 6.07) is 1.33. The minimum atomic E-state index is -0.366. The van der Waals surface area contributed by atoms with E-state index in [-0.39, 0.29) is 23.8 Å². The standard InChI is InChI=1S/C14H26N2O2.ClH/c1-14(2,13(17)18-3)7-8-16-9-11-5-4-6-12(10-16)15-11;/h11-12,15H,4-10H2,1-3H3;1H. The molecule has 0 aromatic heterocycles. The number of carbonyl (C=O) groups excluding carboxylic acids is 1. The molecule has 0 aromatic rings. The van der Waals surface area contributed by atoms with Gasteiger partial charge in [0.2, 0.25) is 0 Å². The molecule has 19 heavy (non-hydrogen) atoms. The van der Waals surface area contributed by atoms with Gasteiger partial charge in [0.25, 0.3) is 0 Å². The number of piperazine rings is 1. The van der Waals surface area contributed by atoms with Gasteiger partial charge in [0.1, 0.15) is 0 Å². The summed E-state index contributed by atoms with van der Waals surface area (Å²) in [7, 11) is 1.47. The molecule has 4 nitrogen and oxygen atoms in total. The highest BCUT2D eigenvalue weighted by Gasteiger charge is 2.33. The summed E-state index contributed by atoms with van der Waals surface area (Å²) >= 11 is 0. The molecule has 2 saturated heterocycles. The maximum absolute atomic E-state index is 11.6. The molecular weight excluding hydrogens is 264 g/mol. The Bertz CT molecular complexity index is 298. The second-order valence-electron chi connectivity index (χ2n) is 6.38. The topological polar surface area (TPSA) is 41.6 Å². The number of esters is 1. The molecular formula is C14H27ClN2O2. The third-order valence-corrected chi connectivity index (χ3v) is 4.32. The number of nitrogens with zero attached hydrogens (tertiary/aromatic N) is 1. The van der Waals surface area contributed by atoms with E-state index < -0.39 is 0 Å². The molecule has 2 aliphatic heterocycles. The van der Waals surface area contributed by atoms with Gasteiger partial charge in [-0.1, -0.05) is 6.42 Å². The highest BCUT2D eigenvalue weighted by Crippen LogP contribution is 2.25. The van der Waals surface area contributed by atoms with Crippen molar-refractivity contribution >= 4 is 18.4 Å². The second-order valence-corrected chi connectivity index (χ2v) is 6.38. The van der Waals surface area contributed by atoms with Gasteiger partial charge in [-0.3, -0.25) is 4.79 Å². The first-order chi connectivity index (χ1) is 8.51. The number of ether oxygens (including phenoxy) is 1. The van der Waals surface area contributed by atoms with Crippen LogP contribution in [0.2, 0.25) is 0 Å². The highest BCUT2D eigenvalue weighted by molar-refractivity contribution is 5.85. The molecule has 2 fully saturated rings. The lowest BCUT2D eigenvalue weighted by atomic mass is 9.88. The molecule has 2 atom stereocenters. The molecule has 2 bridgehead atoms. The lowest BCUT2D eigenvalue weighted by molar-refractivity contribution is -0.151. The fourth-order valence-corrected chi connectivity index (χ4v) is 3.10. The molecule has 5 heteroatoms. The zero-order valence-electron chi connectivity index (χ0n) is 12.3. The molecule has 0 aliphatic carbocycles. The zero-order chi connectivity index (χ0) is 13.2. The summed E-state index contributed by atoms with van der Waals surface area (Å²) in [5.41, 5.74) is -0.366. The maximum atomic E-state index is 11.6. The molecule has 0 radical (unpaired) electrons. The van der Waals surface area contributed by atoms with E-state index in [1.54, 1.807) is 0 Å². The number of rotatable bonds is 4. The van der Waals surface area contributed by atoms with Gasteiger partial charge in [0.05, 0.1) is 12.5 Å². The van der Waals surface area contributed by atoms with Crippen molar-refractivity contribution in [2.45, 2.75) is 51.6 Å². The van der Waals surface area contributed by atoms with Crippen LogP contribution in [0.1, 0.15) is 39.5 Å². The largest absolute Gasteiger partial charge is 0.469 e. The van der Waals surface area contributed by atoms with Crippen molar-refractivity contribution in [1.29, 1.82) is 0 Å². The van der Waals surface area contributed by atoms with Gasteiger partial charge in [0, 0.05) is 25.2 Å². The molecule has 0 amide bonds. The first-order valence-corrected chi connectivity index (χ1v) is 7.08. The predicted molar refractivity (Wildman–Crippen MR) is 78.7 cm³/mol. The van der Waals surface area contributed by atoms with Crippen LogP contribution in [0.5, 0.6) is 0 Å². The molecule has 112 valence electrons. The van der Waals surface area contributed by atoms with Crippen LogP contribution in [0, 0.1) is 5.41 Å². The average molecular weight is 291 g/mol. The lowest BCUT2D eigenvalue weighted by Crippen LogP contribution is -2.58. The van der Waals surface area contributed by atoms with E-state index in [0.29, 0.717) is 12.1 Å². The Balaban J connectivity index is 0.00000180. The van der Waals surface area contributed by atoms with Gasteiger partial charge >= 0.3 is 5.97 Å². The van der Waals surface area contributed by atoms with Gasteiger partial charge in [-0.05, 0) is 39.7 Å². The Hall–Kier alpha value is -0.320. The average Bonchev–Trinajstić information content (AvgIpc) is 2.35. The maximum Gasteiger partial charge on any atom is 0.311 e. The Morgan fingerprint density at radius 3 is 2.42 bits per heavy atom. The Morgan fingerprint density at radius 1 is 1.32 bits per heavy atom. The van der Waals surface area contributed by atoms with Crippen LogP contribution < -0.4 is 5.32 Å². The van der Waals surface area contributed by atoms with Crippen molar-refractivity contribution < 1.29 is 9.53 Å². The van der Waals surface area contributed by atoms with Crippen LogP contribution in [-0.2, 0) is 9.53 Å². The summed E-state index contributed by atoms with van der Waals surface area (Å²) < 4.78 is 4.86. The van der Waals surface area contributed by atoms with Crippen molar-refractivity contribution in [2.24, 2.45) is 5.41 Å². The zero-order valence-corrected chi connectivity index (χ0v) is 13.1. The number of carbonyl (C=O) groups is 1. The van der Waals surface area contributed by atoms with Crippen molar-refractivity contribution in [2.75, 3.05) is 26.7 Å². The third kappa shape index (κ3) is 4.33. The number of methoxy groups -OCH3 is 1. The van der Waals surface area contributed by atoms with E-state index in [1.807, 2.05) is 13.8 Å². The molecule has 0 saturated carbocycles. The smallest absolute Gasteiger partial charge is 0.311 e. The highest BCUT2D eigenvalue weighted by atomic mass is 35.5. The first kappa shape index (κ1) is 16.7. The minimum Gasteiger partial charge on any atom is -0.469 e. The SMILES string of the molecule is COC(=O)C(C)(C)CCN1CC2CCCC(C1)N2.Cl. The number of likely N-dealkylation sites (tertiary alicyclic amines) is 1. The van der Waals surface area contributed by atoms with E-state index in [4.69, 9.17) is 4.74 Å². The van der Waals surface area contributed by atoms with E-state index in [1.165, 1.54) is 26.4 Å². The molecule has 2 aliphatic rings. The molecule has 2 heterocycles. The Kier molecular flexibility index (Phi) is 6.09. The Labute approximate surface area is 122 Å². The third-order valence-electron chi connectivity index (χ3n) is 4.32. The van der Waals surface area contributed by atoms with Crippen molar-refractivity contribution in [3.8, 4) is 0 Å². The number of hydrogen-bond acceptors (Lipinski definition) is 4. The van der Waals surface area contributed by atoms with E-state index >= 15 is 0 Å². The second kappa shape index (κ2) is 6.91. The summed E-state index contributed by atoms with van der Waals surface area (Å²) in [6.45, 7) is 7.21. The summed E-state index contributed by atoms with van der Waals surface area (Å²) in [4.78, 5) is 14.2. The normalized spacial score (nSPS) is 27.5. The van der Waals surface area contributed by atoms with Gasteiger partial charge < -0.3 is 15.0 Å². The number of fused-ring (bicyclic) bond motifs is 2. The van der Waals surface area contributed by atoms with Crippen LogP contribution >= 0.6 is 12.4 Å². The van der Waals surface area contributed by atoms with Crippen LogP contribution in [0.3, 0.4) is 0 Å². The van der Waals surface area contributed by atoms with Gasteiger partial charge in [-0.15, -0.1) is 12.4 Å². The van der Waals surface area contributed by atoms with Crippen LogP contribution in [0.15, 0.2) is 0 Å². The fraction of sp³-hybridized carbons (Fsp3) is 0.929. The number of nitrogens with one attached hydrogen (secondary N) is 1. The van der Waals surface area contributed by atoms with Gasteiger partial charge in [0.15, 0.2) is 0 Å². The predicted octanol–water partition coefficient (Wildman–Crippen LogP) is 1.82. The quantitative estimate of drug-likeness (QED) is 0.802. The molecule has 2 rings (SSSR count). The summed E-state index contributed by atoms with van der Waals surface area (Å²) in [5, 5.41) is 3.68. The first-order valence-electron chi connectivity index (χ1n) is 7.08. The molecule has 0 spiro atoms. The summed E-state index contributed by atoms with van der Waals surface area (Å²) in [6.07, 6.45) is 4.84. The van der Waals surface area contributed by atoms with E-state index in [2.05, 4.69) is 10.2 Å². The molecule has 0 aromatic carbocycles. The number of piperidine rings is 1. The fourth-order valence-electron chi connectivity index (χ4n) is 3.10. The van der Waals surface area contributed by atoms with Crippen molar-refractivity contribution in [3.05, 3.63) is 0 Å². The van der Waals surface area contributed by atoms with E-state index in [0.717, 1.165) is 26.1 Å². The monoisotopic (exact) mass is 290 g/mol. The van der Waals surface area contributed by atoms with Crippen molar-refractivity contribution in [1.82, 2.24) is 10.2 Å². The number of hydrogen-bond donors (Lipinski definition) is 1. The van der Waals surface area contributed by atoms with E-state index in [9.17, 15) is 4.79 Å². The Morgan fingerprint density at radius 2 is 1.89 bits per heavy atom. The van der Waals surface area contributed by atoms with Gasteiger partial charge in [-0.25, -0.2) is 0 Å². The van der Waals surface area contributed by atoms with Crippen molar-refractivity contribution in [3.63, 3.8) is 0 Å². The molecule has 2 unspecified atom stereocenters. The minimum absolute atomic E-state index is 0. The van der Waals surface area contributed by atoms with Crippen LogP contribution in [0.25, 0.3) is 0 Å². The van der Waals surface area contributed by atoms with Crippen LogP contribution in [-0.4, -0.2) is 49.7 Å². The summed E-state index contributed by atoms with van der Waals surface area (Å²) in [5.74, 6) is -0.0992. The van der Waals surface area contributed by atoms with Gasteiger partial charge in [-0.2, -0.15) is 0 Å². The molecule has 1 N–H and O–H groups in total. The lowest BCUT2D eigenvalue weighted by Gasteiger charge is -2.43. The number of halogens is 1. The van der Waals surface area contributed by atoms with Crippen LogP contribution in [0.4, 0.5) is 0 Å².